The Bertz CT molecular complexity index is 993. The van der Waals surface area contributed by atoms with Gasteiger partial charge in [-0.05, 0) is 26.1 Å². The summed E-state index contributed by atoms with van der Waals surface area (Å²) in [5.41, 5.74) is 0.184. The first kappa shape index (κ1) is 29.4. The van der Waals surface area contributed by atoms with Crippen LogP contribution in [0.1, 0.15) is 38.1 Å². The Balaban J connectivity index is 1.92. The largest absolute Gasteiger partial charge is 0.456 e. The van der Waals surface area contributed by atoms with E-state index in [0.29, 0.717) is 0 Å². The van der Waals surface area contributed by atoms with Gasteiger partial charge in [-0.1, -0.05) is 18.2 Å². The molecule has 1 N–H and O–H groups in total. The van der Waals surface area contributed by atoms with Crippen molar-refractivity contribution >= 4 is 23.9 Å². The smallest absolute Gasteiger partial charge is 0.338 e. The van der Waals surface area contributed by atoms with E-state index in [4.69, 9.17) is 33.2 Å². The summed E-state index contributed by atoms with van der Waals surface area (Å²) in [7, 11) is 1.58. The van der Waals surface area contributed by atoms with E-state index in [1.54, 1.807) is 32.2 Å². The van der Waals surface area contributed by atoms with Gasteiger partial charge in [0.05, 0.1) is 24.3 Å². The van der Waals surface area contributed by atoms with Gasteiger partial charge in [0, 0.05) is 20.8 Å². The van der Waals surface area contributed by atoms with Crippen LogP contribution in [0, 0.1) is 0 Å². The number of esters is 4. The molecule has 0 unspecified atom stereocenters. The molecule has 0 amide bonds. The van der Waals surface area contributed by atoms with Gasteiger partial charge in [-0.2, -0.15) is 0 Å². The first-order valence-electron chi connectivity index (χ1n) is 12.0. The fourth-order valence-corrected chi connectivity index (χ4v) is 4.42. The third kappa shape index (κ3) is 7.25. The van der Waals surface area contributed by atoms with Gasteiger partial charge in [-0.15, -0.1) is 0 Å². The Morgan fingerprint density at radius 1 is 0.868 bits per heavy atom. The molecule has 2 heterocycles. The Morgan fingerprint density at radius 3 is 2.05 bits per heavy atom. The molecule has 1 aromatic rings. The van der Waals surface area contributed by atoms with Crippen molar-refractivity contribution in [2.24, 2.45) is 0 Å². The van der Waals surface area contributed by atoms with Crippen LogP contribution >= 0.6 is 0 Å². The first-order chi connectivity index (χ1) is 18.0. The average Bonchev–Trinajstić information content (AvgIpc) is 2.84. The summed E-state index contributed by atoms with van der Waals surface area (Å²) in [6.07, 6.45) is -10.8. The molecule has 2 fully saturated rings. The predicted molar refractivity (Wildman–Crippen MR) is 125 cm³/mol. The van der Waals surface area contributed by atoms with Gasteiger partial charge < -0.3 is 38.5 Å². The molecule has 0 aromatic heterocycles. The lowest BCUT2D eigenvalue weighted by molar-refractivity contribution is -0.320. The number of nitrogens with one attached hydrogen (secondary N) is 1. The van der Waals surface area contributed by atoms with Crippen LogP contribution < -0.4 is 5.32 Å². The second-order valence-electron chi connectivity index (χ2n) is 8.84. The van der Waals surface area contributed by atoms with E-state index in [9.17, 15) is 19.2 Å². The molecular weight excluding hydrogens is 509 g/mol. The molecule has 0 radical (unpaired) electrons. The molecule has 9 atom stereocenters. The summed E-state index contributed by atoms with van der Waals surface area (Å²) in [5.74, 6) is -3.00. The predicted octanol–water partition coefficient (Wildman–Crippen LogP) is 1.05. The van der Waals surface area contributed by atoms with Gasteiger partial charge in [-0.3, -0.25) is 14.4 Å². The van der Waals surface area contributed by atoms with Crippen LogP contribution in [-0.4, -0.2) is 92.8 Å². The first-order valence-corrected chi connectivity index (χ1v) is 12.0. The maximum atomic E-state index is 15.2. The Kier molecular flexibility index (Phi) is 10.1. The number of carbonyl (C=O) groups is 4. The van der Waals surface area contributed by atoms with Crippen molar-refractivity contribution in [2.75, 3.05) is 13.7 Å². The minimum absolute atomic E-state index is 0.184. The third-order valence-electron chi connectivity index (χ3n) is 5.97. The Labute approximate surface area is 219 Å². The zero-order chi connectivity index (χ0) is 28.0. The number of alkyl halides is 1. The van der Waals surface area contributed by atoms with Crippen LogP contribution in [0.25, 0.3) is 0 Å². The summed E-state index contributed by atoms with van der Waals surface area (Å²) >= 11 is 0. The lowest BCUT2D eigenvalue weighted by Crippen LogP contribution is -2.65. The number of rotatable bonds is 8. The van der Waals surface area contributed by atoms with E-state index in [-0.39, 0.29) is 12.2 Å². The van der Waals surface area contributed by atoms with Crippen molar-refractivity contribution in [3.05, 3.63) is 35.9 Å². The summed E-state index contributed by atoms with van der Waals surface area (Å²) in [5, 5.41) is 2.96. The Hall–Kier alpha value is -3.13. The highest BCUT2D eigenvalue weighted by Crippen LogP contribution is 2.32. The minimum atomic E-state index is -2.07. The van der Waals surface area contributed by atoms with E-state index >= 15 is 4.39 Å². The van der Waals surface area contributed by atoms with Crippen molar-refractivity contribution in [1.29, 1.82) is 0 Å². The molecule has 3 rings (SSSR count). The van der Waals surface area contributed by atoms with Crippen LogP contribution in [0.5, 0.6) is 0 Å². The molecule has 0 aliphatic carbocycles. The number of hydrogen-bond acceptors (Lipinski definition) is 12. The van der Waals surface area contributed by atoms with E-state index in [2.05, 4.69) is 5.32 Å². The van der Waals surface area contributed by atoms with Crippen LogP contribution in [0.3, 0.4) is 0 Å². The number of hydrogen-bond donors (Lipinski definition) is 1. The average molecular weight is 542 g/mol. The Morgan fingerprint density at radius 2 is 1.47 bits per heavy atom. The summed E-state index contributed by atoms with van der Waals surface area (Å²) in [4.78, 5) is 48.2. The van der Waals surface area contributed by atoms with Gasteiger partial charge >= 0.3 is 23.9 Å². The summed E-state index contributed by atoms with van der Waals surface area (Å²) < 4.78 is 53.8. The fourth-order valence-electron chi connectivity index (χ4n) is 4.42. The van der Waals surface area contributed by atoms with Gasteiger partial charge in [0.25, 0.3) is 0 Å². The molecule has 2 aliphatic heterocycles. The molecular formula is C25H32FNO11. The second kappa shape index (κ2) is 13.1. The molecule has 12 nitrogen and oxygen atoms in total. The molecule has 13 heteroatoms. The van der Waals surface area contributed by atoms with Crippen molar-refractivity contribution in [2.45, 2.75) is 83.0 Å². The van der Waals surface area contributed by atoms with Gasteiger partial charge in [-0.25, -0.2) is 9.18 Å². The quantitative estimate of drug-likeness (QED) is 0.371. The molecule has 0 spiro atoms. The molecule has 2 aliphatic rings. The minimum Gasteiger partial charge on any atom is -0.456 e. The monoisotopic (exact) mass is 541 g/mol. The van der Waals surface area contributed by atoms with Crippen molar-refractivity contribution in [1.82, 2.24) is 5.32 Å². The second-order valence-corrected chi connectivity index (χ2v) is 8.84. The molecule has 2 saturated heterocycles. The van der Waals surface area contributed by atoms with Crippen molar-refractivity contribution < 1.29 is 56.7 Å². The van der Waals surface area contributed by atoms with E-state index in [1.807, 2.05) is 0 Å². The maximum absolute atomic E-state index is 15.2. The number of carbonyl (C=O) groups excluding carboxylic acids is 4. The van der Waals surface area contributed by atoms with Crippen molar-refractivity contribution in [3.8, 4) is 0 Å². The van der Waals surface area contributed by atoms with Crippen LogP contribution in [0.2, 0.25) is 0 Å². The number of likely N-dealkylation sites (N-methyl/N-ethyl adjacent to an activating group) is 1. The van der Waals surface area contributed by atoms with Gasteiger partial charge in [0.2, 0.25) is 6.36 Å². The van der Waals surface area contributed by atoms with Crippen LogP contribution in [-0.2, 0) is 47.5 Å². The van der Waals surface area contributed by atoms with Crippen LogP contribution in [0.4, 0.5) is 4.39 Å². The standard InChI is InChI=1S/C25H32FNO11/c1-12-18(27-5)20(21(23(26)33-12)37-24(31)16-9-7-6-8-10-16)38-25-22(36-15(4)30)19(35-14(3)29)17(11-32-25)34-13(2)28/h6-10,12,17-23,25,27H,11H2,1-5H3/t12-,17-,18+,19+,20+,21-,22-,23+,25+/m1/s1. The van der Waals surface area contributed by atoms with Gasteiger partial charge in [0.1, 0.15) is 6.10 Å². The van der Waals surface area contributed by atoms with Crippen molar-refractivity contribution in [3.63, 3.8) is 0 Å². The highest BCUT2D eigenvalue weighted by atomic mass is 19.1. The third-order valence-corrected chi connectivity index (χ3v) is 5.97. The SMILES string of the molecule is CN[C@@H]1[C@H](O[C@@H]2OC[C@@H](OC(C)=O)[C@H](OC(C)=O)[C@H]2OC(C)=O)[C@@H](OC(=O)c2ccccc2)[C@@H](F)O[C@@H]1C. The molecule has 38 heavy (non-hydrogen) atoms. The number of halogens is 1. The summed E-state index contributed by atoms with van der Waals surface area (Å²) in [6.45, 7) is 4.71. The lowest BCUT2D eigenvalue weighted by atomic mass is 9.96. The lowest BCUT2D eigenvalue weighted by Gasteiger charge is -2.46. The highest BCUT2D eigenvalue weighted by molar-refractivity contribution is 5.89. The highest BCUT2D eigenvalue weighted by Gasteiger charge is 2.53. The van der Waals surface area contributed by atoms with E-state index < -0.39 is 79.2 Å². The number of ether oxygens (including phenoxy) is 7. The molecule has 0 saturated carbocycles. The molecule has 1 aromatic carbocycles. The zero-order valence-corrected chi connectivity index (χ0v) is 21.7. The van der Waals surface area contributed by atoms with Crippen LogP contribution in [0.15, 0.2) is 30.3 Å². The number of benzene rings is 1. The molecule has 0 bridgehead atoms. The van der Waals surface area contributed by atoms with E-state index in [0.717, 1.165) is 20.8 Å². The topological polar surface area (TPSA) is 145 Å². The summed E-state index contributed by atoms with van der Waals surface area (Å²) in [6, 6.07) is 7.26. The zero-order valence-electron chi connectivity index (χ0n) is 21.7. The maximum Gasteiger partial charge on any atom is 0.338 e. The molecule has 210 valence electrons. The van der Waals surface area contributed by atoms with Gasteiger partial charge in [0.15, 0.2) is 30.7 Å². The van der Waals surface area contributed by atoms with E-state index in [1.165, 1.54) is 12.1 Å². The normalized spacial score (nSPS) is 33.1. The fraction of sp³-hybridized carbons (Fsp3) is 0.600.